The van der Waals surface area contributed by atoms with Crippen molar-refractivity contribution in [1.29, 1.82) is 0 Å². The lowest BCUT2D eigenvalue weighted by Gasteiger charge is -2.32. The summed E-state index contributed by atoms with van der Waals surface area (Å²) < 4.78 is 68.8. The van der Waals surface area contributed by atoms with Crippen LogP contribution in [0, 0.1) is 12.8 Å². The van der Waals surface area contributed by atoms with Crippen molar-refractivity contribution < 1.29 is 31.2 Å². The van der Waals surface area contributed by atoms with Crippen LogP contribution in [-0.4, -0.2) is 44.3 Å². The first-order valence-corrected chi connectivity index (χ1v) is 14.5. The number of nitrogens with one attached hydrogen (secondary N) is 1. The summed E-state index contributed by atoms with van der Waals surface area (Å²) >= 11 is 0. The lowest BCUT2D eigenvalue weighted by molar-refractivity contribution is -0.139. The second-order valence-electron chi connectivity index (χ2n) is 10.2. The summed E-state index contributed by atoms with van der Waals surface area (Å²) in [4.78, 5) is 27.9. The Kier molecular flexibility index (Phi) is 10.2. The molecule has 0 radical (unpaired) electrons. The van der Waals surface area contributed by atoms with Gasteiger partial charge in [-0.3, -0.25) is 13.9 Å². The van der Waals surface area contributed by atoms with Gasteiger partial charge in [0.1, 0.15) is 12.6 Å². The Morgan fingerprint density at radius 2 is 1.56 bits per heavy atom. The molecular formula is C30H34F3N3O4S. The van der Waals surface area contributed by atoms with Crippen molar-refractivity contribution in [3.8, 4) is 0 Å². The number of rotatable bonds is 11. The van der Waals surface area contributed by atoms with Crippen molar-refractivity contribution >= 4 is 27.5 Å². The number of hydrogen-bond donors (Lipinski definition) is 1. The summed E-state index contributed by atoms with van der Waals surface area (Å²) in [5.41, 5.74) is 0.237. The molecule has 0 fully saturated rings. The number of carbonyl (C=O) groups is 2. The zero-order valence-electron chi connectivity index (χ0n) is 23.4. The molecule has 1 N–H and O–H groups in total. The average Bonchev–Trinajstić information content (AvgIpc) is 2.92. The van der Waals surface area contributed by atoms with Gasteiger partial charge >= 0.3 is 6.18 Å². The summed E-state index contributed by atoms with van der Waals surface area (Å²) in [6.45, 7) is 6.77. The third kappa shape index (κ3) is 8.32. The molecule has 11 heteroatoms. The molecule has 1 atom stereocenters. The van der Waals surface area contributed by atoms with Crippen LogP contribution < -0.4 is 9.62 Å². The van der Waals surface area contributed by atoms with Gasteiger partial charge in [-0.25, -0.2) is 8.42 Å². The molecule has 3 aromatic rings. The lowest BCUT2D eigenvalue weighted by atomic mass is 10.1. The highest BCUT2D eigenvalue weighted by Gasteiger charge is 2.35. The van der Waals surface area contributed by atoms with Gasteiger partial charge in [0.05, 0.1) is 16.1 Å². The number of anilines is 1. The number of nitrogens with zero attached hydrogens (tertiary/aromatic N) is 2. The van der Waals surface area contributed by atoms with Crippen LogP contribution in [0.4, 0.5) is 18.9 Å². The topological polar surface area (TPSA) is 86.8 Å². The normalized spacial score (nSPS) is 12.6. The van der Waals surface area contributed by atoms with E-state index >= 15 is 0 Å². The van der Waals surface area contributed by atoms with E-state index in [9.17, 15) is 31.2 Å². The summed E-state index contributed by atoms with van der Waals surface area (Å²) in [5, 5.41) is 2.79. The fourth-order valence-corrected chi connectivity index (χ4v) is 5.56. The van der Waals surface area contributed by atoms with Gasteiger partial charge in [-0.15, -0.1) is 0 Å². The third-order valence-electron chi connectivity index (χ3n) is 6.36. The maximum atomic E-state index is 13.9. The van der Waals surface area contributed by atoms with Gasteiger partial charge in [-0.05, 0) is 55.7 Å². The molecule has 0 aliphatic heterocycles. The van der Waals surface area contributed by atoms with Gasteiger partial charge in [0, 0.05) is 13.1 Å². The van der Waals surface area contributed by atoms with Gasteiger partial charge in [0.25, 0.3) is 10.0 Å². The highest BCUT2D eigenvalue weighted by molar-refractivity contribution is 7.92. The van der Waals surface area contributed by atoms with E-state index in [-0.39, 0.29) is 23.0 Å². The molecule has 1 unspecified atom stereocenters. The maximum absolute atomic E-state index is 13.9. The quantitative estimate of drug-likeness (QED) is 0.325. The number of hydrogen-bond acceptors (Lipinski definition) is 4. The molecule has 2 amide bonds. The number of aryl methyl sites for hydroxylation is 1. The fraction of sp³-hybridized carbons (Fsp3) is 0.333. The molecule has 3 aromatic carbocycles. The van der Waals surface area contributed by atoms with Crippen molar-refractivity contribution in [2.24, 2.45) is 5.92 Å². The maximum Gasteiger partial charge on any atom is 0.416 e. The summed E-state index contributed by atoms with van der Waals surface area (Å²) in [7, 11) is -4.47. The number of alkyl halides is 3. The van der Waals surface area contributed by atoms with E-state index in [0.717, 1.165) is 17.7 Å². The van der Waals surface area contributed by atoms with Crippen molar-refractivity contribution in [2.45, 2.75) is 51.4 Å². The standard InChI is InChI=1S/C30H34F3N3O4S/c1-21(2)18-34-29(38)23(4)35(19-24-11-8-10-22(3)16-24)28(37)20-36(41(39,40)27-14-6-5-7-15-27)26-13-9-12-25(17-26)30(31,32)33/h5-17,21,23H,18-20H2,1-4H3,(H,34,38). The predicted octanol–water partition coefficient (Wildman–Crippen LogP) is 5.40. The summed E-state index contributed by atoms with van der Waals surface area (Å²) in [6, 6.07) is 17.2. The highest BCUT2D eigenvalue weighted by atomic mass is 32.2. The van der Waals surface area contributed by atoms with Gasteiger partial charge in [0.2, 0.25) is 11.8 Å². The van der Waals surface area contributed by atoms with Crippen molar-refractivity contribution in [2.75, 3.05) is 17.4 Å². The molecule has 0 bridgehead atoms. The second kappa shape index (κ2) is 13.2. The molecule has 220 valence electrons. The van der Waals surface area contributed by atoms with E-state index in [1.54, 1.807) is 18.2 Å². The van der Waals surface area contributed by atoms with Crippen LogP contribution in [0.3, 0.4) is 0 Å². The second-order valence-corrected chi connectivity index (χ2v) is 12.1. The number of benzene rings is 3. The Labute approximate surface area is 239 Å². The highest BCUT2D eigenvalue weighted by Crippen LogP contribution is 2.33. The number of carbonyl (C=O) groups excluding carboxylic acids is 2. The number of halogens is 3. The van der Waals surface area contributed by atoms with Crippen LogP contribution in [0.2, 0.25) is 0 Å². The molecule has 0 spiro atoms. The SMILES string of the molecule is Cc1cccc(CN(C(=O)CN(c2cccc(C(F)(F)F)c2)S(=O)(=O)c2ccccc2)C(C)C(=O)NCC(C)C)c1. The number of sulfonamides is 1. The largest absolute Gasteiger partial charge is 0.416 e. The van der Waals surface area contributed by atoms with Crippen LogP contribution in [0.5, 0.6) is 0 Å². The molecule has 0 saturated heterocycles. The van der Waals surface area contributed by atoms with Gasteiger partial charge in [-0.2, -0.15) is 13.2 Å². The molecule has 41 heavy (non-hydrogen) atoms. The monoisotopic (exact) mass is 589 g/mol. The van der Waals surface area contributed by atoms with E-state index in [2.05, 4.69) is 5.32 Å². The summed E-state index contributed by atoms with van der Waals surface area (Å²) in [5.74, 6) is -1.04. The molecular weight excluding hydrogens is 555 g/mol. The van der Waals surface area contributed by atoms with Crippen LogP contribution in [0.1, 0.15) is 37.5 Å². The van der Waals surface area contributed by atoms with Crippen LogP contribution >= 0.6 is 0 Å². The minimum absolute atomic E-state index is 0.0153. The Hall–Kier alpha value is -3.86. The Morgan fingerprint density at radius 3 is 2.17 bits per heavy atom. The molecule has 0 aliphatic rings. The van der Waals surface area contributed by atoms with E-state index < -0.39 is 46.2 Å². The zero-order chi connectivity index (χ0) is 30.4. The first-order valence-electron chi connectivity index (χ1n) is 13.1. The molecule has 0 aliphatic carbocycles. The Morgan fingerprint density at radius 1 is 0.902 bits per heavy atom. The molecule has 7 nitrogen and oxygen atoms in total. The van der Waals surface area contributed by atoms with Crippen LogP contribution in [0.25, 0.3) is 0 Å². The summed E-state index contributed by atoms with van der Waals surface area (Å²) in [6.07, 6.45) is -4.73. The Bertz CT molecular complexity index is 1460. The van der Waals surface area contributed by atoms with Crippen LogP contribution in [-0.2, 0) is 32.3 Å². The minimum Gasteiger partial charge on any atom is -0.354 e. The lowest BCUT2D eigenvalue weighted by Crippen LogP contribution is -2.51. The van der Waals surface area contributed by atoms with E-state index in [0.29, 0.717) is 22.5 Å². The predicted molar refractivity (Wildman–Crippen MR) is 151 cm³/mol. The molecule has 0 aromatic heterocycles. The smallest absolute Gasteiger partial charge is 0.354 e. The number of amides is 2. The third-order valence-corrected chi connectivity index (χ3v) is 8.15. The molecule has 3 rings (SSSR count). The van der Waals surface area contributed by atoms with Gasteiger partial charge in [-0.1, -0.05) is 67.9 Å². The van der Waals surface area contributed by atoms with Crippen molar-refractivity contribution in [3.05, 3.63) is 95.6 Å². The minimum atomic E-state index is -4.73. The van der Waals surface area contributed by atoms with E-state index in [1.807, 2.05) is 32.9 Å². The van der Waals surface area contributed by atoms with Crippen LogP contribution in [0.15, 0.2) is 83.8 Å². The van der Waals surface area contributed by atoms with Gasteiger partial charge < -0.3 is 10.2 Å². The van der Waals surface area contributed by atoms with E-state index in [1.165, 1.54) is 42.2 Å². The Balaban J connectivity index is 2.06. The zero-order valence-corrected chi connectivity index (χ0v) is 24.2. The van der Waals surface area contributed by atoms with E-state index in [4.69, 9.17) is 0 Å². The molecule has 0 heterocycles. The molecule has 0 saturated carbocycles. The van der Waals surface area contributed by atoms with Crippen molar-refractivity contribution in [1.82, 2.24) is 10.2 Å². The van der Waals surface area contributed by atoms with Crippen molar-refractivity contribution in [3.63, 3.8) is 0 Å². The fourth-order valence-electron chi connectivity index (χ4n) is 4.13. The van der Waals surface area contributed by atoms with Gasteiger partial charge in [0.15, 0.2) is 0 Å². The first kappa shape index (κ1) is 31.7. The average molecular weight is 590 g/mol. The first-order chi connectivity index (χ1) is 19.2.